The molecular weight excluding hydrogens is 462 g/mol. The molecule has 0 bridgehead atoms. The first-order valence-corrected chi connectivity index (χ1v) is 11.0. The molecule has 1 aromatic rings. The normalized spacial score (nSPS) is 12.7. The summed E-state index contributed by atoms with van der Waals surface area (Å²) in [7, 11) is 0. The third-order valence-corrected chi connectivity index (χ3v) is 4.74. The molecule has 13 heteroatoms. The number of nitrogens with zero attached hydrogens (tertiary/aromatic N) is 2. The summed E-state index contributed by atoms with van der Waals surface area (Å²) < 4.78 is 5.06. The summed E-state index contributed by atoms with van der Waals surface area (Å²) in [4.78, 5) is 71.2. The Morgan fingerprint density at radius 2 is 1.54 bits per heavy atom. The maximum Gasteiger partial charge on any atom is 0.407 e. The Balaban J connectivity index is 1.61. The monoisotopic (exact) mass is 491 g/mol. The average molecular weight is 492 g/mol. The topological polar surface area (TPSA) is 177 Å². The number of nitrogens with one attached hydrogen (secondary N) is 3. The van der Waals surface area contributed by atoms with E-state index in [-0.39, 0.29) is 74.1 Å². The van der Waals surface area contributed by atoms with E-state index in [1.54, 1.807) is 20.8 Å². The Hall–Kier alpha value is -4.03. The molecule has 1 aliphatic heterocycles. The molecular formula is C22H29N5O8. The molecule has 0 atom stereocenters. The number of non-ortho nitro benzene ring substituents is 1. The van der Waals surface area contributed by atoms with Crippen LogP contribution in [0.15, 0.2) is 18.2 Å². The summed E-state index contributed by atoms with van der Waals surface area (Å²) in [5, 5.41) is 18.6. The Bertz CT molecular complexity index is 1020. The van der Waals surface area contributed by atoms with Gasteiger partial charge < -0.3 is 20.7 Å². The minimum absolute atomic E-state index is 0.00501. The molecule has 0 spiro atoms. The fraction of sp³-hybridized carbons (Fsp3) is 0.500. The van der Waals surface area contributed by atoms with E-state index < -0.39 is 28.4 Å². The predicted molar refractivity (Wildman–Crippen MR) is 123 cm³/mol. The zero-order valence-electron chi connectivity index (χ0n) is 19.8. The predicted octanol–water partition coefficient (Wildman–Crippen LogP) is 1.12. The highest BCUT2D eigenvalue weighted by atomic mass is 16.6. The number of rotatable bonds is 11. The van der Waals surface area contributed by atoms with Gasteiger partial charge in [0.25, 0.3) is 17.5 Å². The summed E-state index contributed by atoms with van der Waals surface area (Å²) in [5.74, 6) is -1.80. The lowest BCUT2D eigenvalue weighted by atomic mass is 10.1. The molecule has 1 heterocycles. The van der Waals surface area contributed by atoms with E-state index >= 15 is 0 Å². The highest BCUT2D eigenvalue weighted by molar-refractivity contribution is 6.21. The van der Waals surface area contributed by atoms with E-state index in [0.717, 1.165) is 17.0 Å². The van der Waals surface area contributed by atoms with Crippen LogP contribution in [0.25, 0.3) is 0 Å². The second-order valence-corrected chi connectivity index (χ2v) is 8.73. The lowest BCUT2D eigenvalue weighted by Crippen LogP contribution is -2.37. The minimum atomic E-state index is -0.644. The lowest BCUT2D eigenvalue weighted by Gasteiger charge is -2.19. The van der Waals surface area contributed by atoms with Gasteiger partial charge in [-0.1, -0.05) is 0 Å². The second-order valence-electron chi connectivity index (χ2n) is 8.73. The zero-order chi connectivity index (χ0) is 26.2. The van der Waals surface area contributed by atoms with Crippen molar-refractivity contribution in [1.29, 1.82) is 0 Å². The van der Waals surface area contributed by atoms with E-state index in [0.29, 0.717) is 0 Å². The molecule has 190 valence electrons. The fourth-order valence-electron chi connectivity index (χ4n) is 3.17. The van der Waals surface area contributed by atoms with Gasteiger partial charge in [0.15, 0.2) is 0 Å². The van der Waals surface area contributed by atoms with Crippen LogP contribution in [0.1, 0.15) is 60.7 Å². The Labute approximate surface area is 201 Å². The van der Waals surface area contributed by atoms with Crippen molar-refractivity contribution in [2.45, 2.75) is 45.6 Å². The molecule has 2 rings (SSSR count). The van der Waals surface area contributed by atoms with Crippen molar-refractivity contribution in [2.75, 3.05) is 26.2 Å². The number of hydrogen-bond donors (Lipinski definition) is 3. The number of ether oxygens (including phenoxy) is 1. The van der Waals surface area contributed by atoms with Crippen molar-refractivity contribution in [3.05, 3.63) is 39.4 Å². The number of carbonyl (C=O) groups excluding carboxylic acids is 5. The summed E-state index contributed by atoms with van der Waals surface area (Å²) >= 11 is 0. The molecule has 3 N–H and O–H groups in total. The van der Waals surface area contributed by atoms with Gasteiger partial charge in [-0.2, -0.15) is 0 Å². The van der Waals surface area contributed by atoms with Gasteiger partial charge in [0.2, 0.25) is 11.8 Å². The van der Waals surface area contributed by atoms with E-state index in [2.05, 4.69) is 16.0 Å². The zero-order valence-corrected chi connectivity index (χ0v) is 19.8. The highest BCUT2D eigenvalue weighted by Crippen LogP contribution is 2.26. The van der Waals surface area contributed by atoms with Gasteiger partial charge in [-0.25, -0.2) is 4.79 Å². The number of nitro benzene ring substituents is 1. The van der Waals surface area contributed by atoms with Crippen LogP contribution in [-0.2, 0) is 14.3 Å². The molecule has 0 saturated carbocycles. The number of hydrogen-bond acceptors (Lipinski definition) is 8. The molecule has 0 saturated heterocycles. The molecule has 0 unspecified atom stereocenters. The minimum Gasteiger partial charge on any atom is -0.444 e. The number of benzene rings is 1. The second kappa shape index (κ2) is 11.9. The standard InChI is InChI=1S/C22H29N5O8/c1-22(2,3)35-21(32)25-9-8-18(29)24-11-10-23-17(28)5-4-12-26-19(30)15-7-6-14(27(33)34)13-16(15)20(26)31/h6-7,13H,4-5,8-12H2,1-3H3,(H,23,28)(H,24,29)(H,25,32). The van der Waals surface area contributed by atoms with Crippen molar-refractivity contribution < 1.29 is 33.6 Å². The van der Waals surface area contributed by atoms with Crippen LogP contribution in [0.4, 0.5) is 10.5 Å². The van der Waals surface area contributed by atoms with Crippen LogP contribution in [0.2, 0.25) is 0 Å². The molecule has 1 aromatic carbocycles. The van der Waals surface area contributed by atoms with Crippen molar-refractivity contribution >= 4 is 35.4 Å². The Morgan fingerprint density at radius 1 is 0.943 bits per heavy atom. The number of alkyl carbamates (subject to hydrolysis) is 1. The van der Waals surface area contributed by atoms with E-state index in [4.69, 9.17) is 4.74 Å². The smallest absolute Gasteiger partial charge is 0.407 e. The summed E-state index contributed by atoms with van der Waals surface area (Å²) in [6.07, 6.45) is -0.305. The molecule has 1 aliphatic rings. The molecule has 5 amide bonds. The average Bonchev–Trinajstić information content (AvgIpc) is 2.99. The number of nitro groups is 1. The van der Waals surface area contributed by atoms with Gasteiger partial charge in [-0.3, -0.25) is 34.2 Å². The van der Waals surface area contributed by atoms with Gasteiger partial charge in [0.1, 0.15) is 5.60 Å². The van der Waals surface area contributed by atoms with Gasteiger partial charge in [0, 0.05) is 51.2 Å². The largest absolute Gasteiger partial charge is 0.444 e. The van der Waals surface area contributed by atoms with Crippen LogP contribution >= 0.6 is 0 Å². The van der Waals surface area contributed by atoms with Crippen molar-refractivity contribution in [2.24, 2.45) is 0 Å². The van der Waals surface area contributed by atoms with E-state index in [1.807, 2.05) is 0 Å². The lowest BCUT2D eigenvalue weighted by molar-refractivity contribution is -0.384. The van der Waals surface area contributed by atoms with Crippen LogP contribution < -0.4 is 16.0 Å². The van der Waals surface area contributed by atoms with Crippen LogP contribution in [0.3, 0.4) is 0 Å². The summed E-state index contributed by atoms with van der Waals surface area (Å²) in [5.41, 5.74) is -0.830. The van der Waals surface area contributed by atoms with Crippen LogP contribution in [0.5, 0.6) is 0 Å². The Morgan fingerprint density at radius 3 is 2.14 bits per heavy atom. The van der Waals surface area contributed by atoms with Crippen molar-refractivity contribution in [3.8, 4) is 0 Å². The number of amides is 5. The molecule has 0 aromatic heterocycles. The quantitative estimate of drug-likeness (QED) is 0.178. The van der Waals surface area contributed by atoms with Gasteiger partial charge >= 0.3 is 6.09 Å². The number of carbonyl (C=O) groups is 5. The fourth-order valence-corrected chi connectivity index (χ4v) is 3.17. The molecule has 13 nitrogen and oxygen atoms in total. The maximum atomic E-state index is 12.4. The van der Waals surface area contributed by atoms with Crippen molar-refractivity contribution in [3.63, 3.8) is 0 Å². The SMILES string of the molecule is CC(C)(C)OC(=O)NCCC(=O)NCCNC(=O)CCCN1C(=O)c2ccc([N+](=O)[O-])cc2C1=O. The number of fused-ring (bicyclic) bond motifs is 1. The summed E-state index contributed by atoms with van der Waals surface area (Å²) in [6.45, 7) is 5.66. The van der Waals surface area contributed by atoms with Crippen molar-refractivity contribution in [1.82, 2.24) is 20.9 Å². The van der Waals surface area contributed by atoms with E-state index in [9.17, 15) is 34.1 Å². The first-order valence-electron chi connectivity index (χ1n) is 11.0. The molecule has 0 fully saturated rings. The summed E-state index contributed by atoms with van der Waals surface area (Å²) in [6, 6.07) is 3.49. The van der Waals surface area contributed by atoms with Gasteiger partial charge in [-0.15, -0.1) is 0 Å². The van der Waals surface area contributed by atoms with Crippen LogP contribution in [-0.4, -0.2) is 71.3 Å². The third kappa shape index (κ3) is 8.36. The molecule has 35 heavy (non-hydrogen) atoms. The Kier molecular flexibility index (Phi) is 9.26. The van der Waals surface area contributed by atoms with Gasteiger partial charge in [-0.05, 0) is 33.3 Å². The maximum absolute atomic E-state index is 12.4. The van der Waals surface area contributed by atoms with E-state index in [1.165, 1.54) is 6.07 Å². The van der Waals surface area contributed by atoms with Crippen LogP contribution in [0, 0.1) is 10.1 Å². The molecule has 0 aliphatic carbocycles. The highest BCUT2D eigenvalue weighted by Gasteiger charge is 2.36. The first kappa shape index (κ1) is 27.2. The first-order chi connectivity index (χ1) is 16.4. The third-order valence-electron chi connectivity index (χ3n) is 4.74. The number of imide groups is 1. The molecule has 0 radical (unpaired) electrons. The van der Waals surface area contributed by atoms with Gasteiger partial charge in [0.05, 0.1) is 16.1 Å².